The Labute approximate surface area is 98.3 Å². The third kappa shape index (κ3) is 1.49. The minimum atomic E-state index is 0.470. The van der Waals surface area contributed by atoms with Gasteiger partial charge in [-0.1, -0.05) is 37.5 Å². The first-order valence-corrected chi connectivity index (χ1v) is 6.62. The summed E-state index contributed by atoms with van der Waals surface area (Å²) in [5, 5.41) is 3.64. The van der Waals surface area contributed by atoms with Crippen LogP contribution in [0.3, 0.4) is 0 Å². The van der Waals surface area contributed by atoms with Crippen molar-refractivity contribution in [1.82, 2.24) is 5.32 Å². The van der Waals surface area contributed by atoms with E-state index in [4.69, 9.17) is 0 Å². The van der Waals surface area contributed by atoms with Crippen molar-refractivity contribution in [2.75, 3.05) is 6.54 Å². The van der Waals surface area contributed by atoms with Crippen LogP contribution in [0.15, 0.2) is 18.2 Å². The van der Waals surface area contributed by atoms with Gasteiger partial charge in [0, 0.05) is 18.5 Å². The van der Waals surface area contributed by atoms with Crippen LogP contribution in [0, 0.1) is 6.92 Å². The molecule has 1 spiro atoms. The molecular weight excluding hydrogens is 194 g/mol. The van der Waals surface area contributed by atoms with Crippen LogP contribution >= 0.6 is 0 Å². The topological polar surface area (TPSA) is 12.0 Å². The highest BCUT2D eigenvalue weighted by molar-refractivity contribution is 5.42. The molecule has 1 heterocycles. The number of aryl methyl sites for hydroxylation is 1. The lowest BCUT2D eigenvalue weighted by Crippen LogP contribution is -2.44. The first kappa shape index (κ1) is 10.3. The summed E-state index contributed by atoms with van der Waals surface area (Å²) in [6.07, 6.45) is 7.03. The van der Waals surface area contributed by atoms with Gasteiger partial charge >= 0.3 is 0 Å². The van der Waals surface area contributed by atoms with Gasteiger partial charge in [0.1, 0.15) is 0 Å². The Bertz CT molecular complexity index is 388. The Hall–Kier alpha value is -0.820. The van der Waals surface area contributed by atoms with Crippen molar-refractivity contribution in [1.29, 1.82) is 0 Å². The molecule has 3 rings (SSSR count). The van der Waals surface area contributed by atoms with Crippen molar-refractivity contribution >= 4 is 0 Å². The van der Waals surface area contributed by atoms with Crippen LogP contribution < -0.4 is 5.32 Å². The van der Waals surface area contributed by atoms with E-state index < -0.39 is 0 Å². The standard InChI is InChI=1S/C15H21N/c1-12-6-5-7-14-13(12)10-16-11-15(14)8-3-2-4-9-15/h5-7,16H,2-4,8-11H2,1H3. The van der Waals surface area contributed by atoms with Crippen LogP contribution in [-0.2, 0) is 12.0 Å². The number of fused-ring (bicyclic) bond motifs is 2. The van der Waals surface area contributed by atoms with E-state index in [1.54, 1.807) is 11.1 Å². The molecule has 1 heteroatoms. The van der Waals surface area contributed by atoms with Gasteiger partial charge in [0.15, 0.2) is 0 Å². The fraction of sp³-hybridized carbons (Fsp3) is 0.600. The van der Waals surface area contributed by atoms with Gasteiger partial charge in [-0.05, 0) is 36.5 Å². The Morgan fingerprint density at radius 1 is 1.12 bits per heavy atom. The van der Waals surface area contributed by atoms with Gasteiger partial charge in [-0.25, -0.2) is 0 Å². The third-order valence-electron chi connectivity index (χ3n) is 4.56. The number of nitrogens with one attached hydrogen (secondary N) is 1. The van der Waals surface area contributed by atoms with E-state index in [2.05, 4.69) is 30.4 Å². The SMILES string of the molecule is Cc1cccc2c1CNCC21CCCCC1. The highest BCUT2D eigenvalue weighted by Gasteiger charge is 2.37. The predicted molar refractivity (Wildman–Crippen MR) is 67.6 cm³/mol. The van der Waals surface area contributed by atoms with Crippen LogP contribution in [0.5, 0.6) is 0 Å². The van der Waals surface area contributed by atoms with Crippen molar-refractivity contribution in [3.05, 3.63) is 34.9 Å². The van der Waals surface area contributed by atoms with Crippen molar-refractivity contribution in [3.8, 4) is 0 Å². The molecule has 1 N–H and O–H groups in total. The predicted octanol–water partition coefficient (Wildman–Crippen LogP) is 3.30. The molecule has 1 saturated carbocycles. The molecule has 2 aliphatic rings. The van der Waals surface area contributed by atoms with Gasteiger partial charge < -0.3 is 5.32 Å². The third-order valence-corrected chi connectivity index (χ3v) is 4.56. The molecule has 1 aromatic rings. The fourth-order valence-electron chi connectivity index (χ4n) is 3.63. The second kappa shape index (κ2) is 3.89. The molecule has 0 aromatic heterocycles. The van der Waals surface area contributed by atoms with Crippen LogP contribution in [0.2, 0.25) is 0 Å². The summed E-state index contributed by atoms with van der Waals surface area (Å²) in [5.74, 6) is 0. The molecule has 0 radical (unpaired) electrons. The van der Waals surface area contributed by atoms with E-state index in [0.29, 0.717) is 5.41 Å². The smallest absolute Gasteiger partial charge is 0.0211 e. The van der Waals surface area contributed by atoms with E-state index in [9.17, 15) is 0 Å². The van der Waals surface area contributed by atoms with Gasteiger partial charge in [0.05, 0.1) is 0 Å². The summed E-state index contributed by atoms with van der Waals surface area (Å²) in [5.41, 5.74) is 5.17. The largest absolute Gasteiger partial charge is 0.312 e. The van der Waals surface area contributed by atoms with E-state index in [1.165, 1.54) is 44.2 Å². The Morgan fingerprint density at radius 3 is 2.75 bits per heavy atom. The zero-order valence-corrected chi connectivity index (χ0v) is 10.2. The second-order valence-corrected chi connectivity index (χ2v) is 5.55. The maximum absolute atomic E-state index is 3.64. The van der Waals surface area contributed by atoms with Crippen LogP contribution in [0.25, 0.3) is 0 Å². The zero-order chi connectivity index (χ0) is 11.0. The molecule has 1 aliphatic heterocycles. The molecule has 0 saturated heterocycles. The van der Waals surface area contributed by atoms with E-state index in [1.807, 2.05) is 0 Å². The van der Waals surface area contributed by atoms with Crippen molar-refractivity contribution < 1.29 is 0 Å². The molecule has 1 nitrogen and oxygen atoms in total. The lowest BCUT2D eigenvalue weighted by molar-refractivity contribution is 0.264. The molecular formula is C15H21N. The van der Waals surface area contributed by atoms with Gasteiger partial charge in [0.2, 0.25) is 0 Å². The van der Waals surface area contributed by atoms with E-state index in [0.717, 1.165) is 6.54 Å². The summed E-state index contributed by atoms with van der Waals surface area (Å²) in [6, 6.07) is 6.88. The van der Waals surface area contributed by atoms with Crippen molar-refractivity contribution in [2.24, 2.45) is 0 Å². The van der Waals surface area contributed by atoms with E-state index >= 15 is 0 Å². The summed E-state index contributed by atoms with van der Waals surface area (Å²) >= 11 is 0. The first-order chi connectivity index (χ1) is 7.82. The van der Waals surface area contributed by atoms with Crippen molar-refractivity contribution in [2.45, 2.75) is 51.0 Å². The number of rotatable bonds is 0. The molecule has 1 aromatic carbocycles. The highest BCUT2D eigenvalue weighted by atomic mass is 14.9. The molecule has 1 fully saturated rings. The molecule has 0 unspecified atom stereocenters. The maximum Gasteiger partial charge on any atom is 0.0211 e. The van der Waals surface area contributed by atoms with Crippen molar-refractivity contribution in [3.63, 3.8) is 0 Å². The number of hydrogen-bond donors (Lipinski definition) is 1. The summed E-state index contributed by atoms with van der Waals surface area (Å²) in [7, 11) is 0. The minimum absolute atomic E-state index is 0.470. The Morgan fingerprint density at radius 2 is 1.94 bits per heavy atom. The molecule has 0 atom stereocenters. The lowest BCUT2D eigenvalue weighted by Gasteiger charge is -2.43. The quantitative estimate of drug-likeness (QED) is 0.700. The molecule has 16 heavy (non-hydrogen) atoms. The second-order valence-electron chi connectivity index (χ2n) is 5.55. The summed E-state index contributed by atoms with van der Waals surface area (Å²) < 4.78 is 0. The van der Waals surface area contributed by atoms with Gasteiger partial charge in [-0.2, -0.15) is 0 Å². The normalized spacial score (nSPS) is 23.1. The first-order valence-electron chi connectivity index (χ1n) is 6.62. The Balaban J connectivity index is 2.08. The van der Waals surface area contributed by atoms with Crippen LogP contribution in [0.1, 0.15) is 48.8 Å². The number of hydrogen-bond acceptors (Lipinski definition) is 1. The minimum Gasteiger partial charge on any atom is -0.312 e. The fourth-order valence-corrected chi connectivity index (χ4v) is 3.63. The summed E-state index contributed by atoms with van der Waals surface area (Å²) in [4.78, 5) is 0. The molecule has 0 amide bonds. The average Bonchev–Trinajstić information content (AvgIpc) is 2.32. The number of benzene rings is 1. The van der Waals surface area contributed by atoms with Gasteiger partial charge in [-0.15, -0.1) is 0 Å². The molecule has 1 aliphatic carbocycles. The van der Waals surface area contributed by atoms with Gasteiger partial charge in [-0.3, -0.25) is 0 Å². The monoisotopic (exact) mass is 215 g/mol. The highest BCUT2D eigenvalue weighted by Crippen LogP contribution is 2.42. The summed E-state index contributed by atoms with van der Waals surface area (Å²) in [6.45, 7) is 4.52. The average molecular weight is 215 g/mol. The maximum atomic E-state index is 3.64. The van der Waals surface area contributed by atoms with E-state index in [-0.39, 0.29) is 0 Å². The van der Waals surface area contributed by atoms with Gasteiger partial charge in [0.25, 0.3) is 0 Å². The zero-order valence-electron chi connectivity index (χ0n) is 10.2. The van der Waals surface area contributed by atoms with Crippen LogP contribution in [0.4, 0.5) is 0 Å². The van der Waals surface area contributed by atoms with Crippen LogP contribution in [-0.4, -0.2) is 6.54 Å². The molecule has 86 valence electrons. The molecule has 0 bridgehead atoms. The Kier molecular flexibility index (Phi) is 2.51. The lowest BCUT2D eigenvalue weighted by atomic mass is 9.66.